The van der Waals surface area contributed by atoms with Crippen LogP contribution in [-0.4, -0.2) is 36.3 Å². The Balaban J connectivity index is 3.49. The van der Waals surface area contributed by atoms with Gasteiger partial charge in [-0.05, 0) is 13.8 Å². The van der Waals surface area contributed by atoms with E-state index < -0.39 is 0 Å². The summed E-state index contributed by atoms with van der Waals surface area (Å²) in [5.41, 5.74) is 0. The lowest BCUT2D eigenvalue weighted by Crippen LogP contribution is -2.14. The molecule has 0 fully saturated rings. The molecule has 6 heteroatoms. The molecular formula is C12H18O6. The van der Waals surface area contributed by atoms with E-state index >= 15 is 0 Å². The summed E-state index contributed by atoms with van der Waals surface area (Å²) in [4.78, 5) is 52.5. The largest absolute Gasteiger partial charge is 0.300 e. The summed E-state index contributed by atoms with van der Waals surface area (Å²) in [5, 5.41) is 0. The van der Waals surface area contributed by atoms with Crippen molar-refractivity contribution in [2.45, 2.75) is 39.5 Å². The maximum atomic E-state index is 11.1. The molecule has 0 rings (SSSR count). The summed E-state index contributed by atoms with van der Waals surface area (Å²) in [6, 6.07) is 0. The van der Waals surface area contributed by atoms with E-state index in [0.29, 0.717) is 0 Å². The van der Waals surface area contributed by atoms with Crippen LogP contribution in [0.25, 0.3) is 0 Å². The van der Waals surface area contributed by atoms with Crippen LogP contribution >= 0.6 is 0 Å². The van der Waals surface area contributed by atoms with Gasteiger partial charge in [-0.1, -0.05) is 0 Å². The Bertz CT molecular complexity index is 289. The fourth-order valence-electron chi connectivity index (χ4n) is 0.990. The van der Waals surface area contributed by atoms with Gasteiger partial charge in [-0.2, -0.15) is 0 Å². The van der Waals surface area contributed by atoms with Gasteiger partial charge in [0.05, 0.1) is 0 Å². The molecule has 0 aliphatic rings. The van der Waals surface area contributed by atoms with Gasteiger partial charge in [0.25, 0.3) is 0 Å². The van der Waals surface area contributed by atoms with Gasteiger partial charge in [-0.15, -0.1) is 0 Å². The predicted molar refractivity (Wildman–Crippen MR) is 61.7 cm³/mol. The van der Waals surface area contributed by atoms with Crippen LogP contribution in [0, 0.1) is 0 Å². The molecule has 0 aromatic rings. The summed E-state index contributed by atoms with van der Waals surface area (Å²) in [6.07, 6.45) is 0.577. The molecule has 18 heavy (non-hydrogen) atoms. The lowest BCUT2D eigenvalue weighted by atomic mass is 10.2. The summed E-state index contributed by atoms with van der Waals surface area (Å²) in [7, 11) is 0. The van der Waals surface area contributed by atoms with Gasteiger partial charge in [0.2, 0.25) is 0 Å². The first-order valence-corrected chi connectivity index (χ1v) is 5.68. The number of carbonyl (C=O) groups is 4. The van der Waals surface area contributed by atoms with Gasteiger partial charge in [0.15, 0.2) is 11.6 Å². The number of hydrogen-bond acceptors (Lipinski definition) is 6. The average molecular weight is 258 g/mol. The Hall–Kier alpha value is -1.40. The lowest BCUT2D eigenvalue weighted by Gasteiger charge is -2.02. The highest BCUT2D eigenvalue weighted by atomic mass is 17.2. The zero-order chi connectivity index (χ0) is 14.0. The molecule has 0 saturated heterocycles. The summed E-state index contributed by atoms with van der Waals surface area (Å²) >= 11 is 0. The SMILES string of the molecule is CC(=O)CCC(=O)COOCC(=O)CCC(C)=O. The van der Waals surface area contributed by atoms with Gasteiger partial charge in [-0.25, -0.2) is 9.78 Å². The van der Waals surface area contributed by atoms with E-state index in [2.05, 4.69) is 9.78 Å². The van der Waals surface area contributed by atoms with E-state index in [0.717, 1.165) is 0 Å². The maximum Gasteiger partial charge on any atom is 0.162 e. The van der Waals surface area contributed by atoms with E-state index in [4.69, 9.17) is 0 Å². The lowest BCUT2D eigenvalue weighted by molar-refractivity contribution is -0.283. The van der Waals surface area contributed by atoms with Crippen molar-refractivity contribution in [1.82, 2.24) is 0 Å². The highest BCUT2D eigenvalue weighted by Gasteiger charge is 2.07. The Morgan fingerprint density at radius 1 is 0.667 bits per heavy atom. The third-order valence-corrected chi connectivity index (χ3v) is 2.03. The third-order valence-electron chi connectivity index (χ3n) is 2.03. The van der Waals surface area contributed by atoms with Crippen LogP contribution in [0.4, 0.5) is 0 Å². The number of Topliss-reactive ketones (excluding diaryl/α,β-unsaturated/α-hetero) is 4. The molecule has 0 bridgehead atoms. The predicted octanol–water partition coefficient (Wildman–Crippen LogP) is 0.811. The molecule has 0 aliphatic carbocycles. The molecule has 0 spiro atoms. The van der Waals surface area contributed by atoms with Crippen molar-refractivity contribution in [3.63, 3.8) is 0 Å². The highest BCUT2D eigenvalue weighted by molar-refractivity contribution is 5.86. The normalized spacial score (nSPS) is 10.1. The van der Waals surface area contributed by atoms with E-state index in [9.17, 15) is 19.2 Å². The third kappa shape index (κ3) is 11.1. The molecule has 6 nitrogen and oxygen atoms in total. The van der Waals surface area contributed by atoms with Gasteiger partial charge < -0.3 is 9.59 Å². The minimum atomic E-state index is -0.284. The van der Waals surface area contributed by atoms with Gasteiger partial charge in [0, 0.05) is 25.7 Å². The van der Waals surface area contributed by atoms with Crippen LogP contribution in [0.15, 0.2) is 0 Å². The van der Waals surface area contributed by atoms with Crippen molar-refractivity contribution in [2.75, 3.05) is 13.2 Å². The minimum absolute atomic E-state index is 0.0660. The highest BCUT2D eigenvalue weighted by Crippen LogP contribution is 1.96. The Labute approximate surface area is 106 Å². The van der Waals surface area contributed by atoms with E-state index in [1.54, 1.807) is 0 Å². The number of carbonyl (C=O) groups excluding carboxylic acids is 4. The first-order valence-electron chi connectivity index (χ1n) is 5.68. The van der Waals surface area contributed by atoms with Crippen molar-refractivity contribution >= 4 is 23.1 Å². The van der Waals surface area contributed by atoms with Crippen molar-refractivity contribution in [3.8, 4) is 0 Å². The minimum Gasteiger partial charge on any atom is -0.300 e. The molecule has 0 radical (unpaired) electrons. The molecule has 0 saturated carbocycles. The Morgan fingerprint density at radius 3 is 1.28 bits per heavy atom. The van der Waals surface area contributed by atoms with Crippen LogP contribution in [0.2, 0.25) is 0 Å². The van der Waals surface area contributed by atoms with E-state index in [1.807, 2.05) is 0 Å². The zero-order valence-corrected chi connectivity index (χ0v) is 10.7. The van der Waals surface area contributed by atoms with E-state index in [-0.39, 0.29) is 62.0 Å². The second-order valence-electron chi connectivity index (χ2n) is 4.01. The standard InChI is InChI=1S/C12H18O6/c1-9(13)3-5-11(15)7-17-18-8-12(16)6-4-10(2)14/h3-8H2,1-2H3. The van der Waals surface area contributed by atoms with Gasteiger partial charge in [-0.3, -0.25) is 9.59 Å². The summed E-state index contributed by atoms with van der Waals surface area (Å²) < 4.78 is 0. The molecule has 102 valence electrons. The monoisotopic (exact) mass is 258 g/mol. The zero-order valence-electron chi connectivity index (χ0n) is 10.7. The number of rotatable bonds is 11. The smallest absolute Gasteiger partial charge is 0.162 e. The van der Waals surface area contributed by atoms with Gasteiger partial charge >= 0.3 is 0 Å². The molecule has 0 aromatic carbocycles. The Kier molecular flexibility index (Phi) is 8.86. The molecule has 0 aliphatic heterocycles. The quantitative estimate of drug-likeness (QED) is 0.309. The van der Waals surface area contributed by atoms with Crippen LogP contribution in [0.1, 0.15) is 39.5 Å². The van der Waals surface area contributed by atoms with E-state index in [1.165, 1.54) is 13.8 Å². The molecule has 0 heterocycles. The summed E-state index contributed by atoms with van der Waals surface area (Å²) in [6.45, 7) is 2.23. The molecule has 0 aromatic heterocycles. The van der Waals surface area contributed by atoms with Gasteiger partial charge in [0.1, 0.15) is 24.8 Å². The topological polar surface area (TPSA) is 86.7 Å². The average Bonchev–Trinajstić information content (AvgIpc) is 2.29. The summed E-state index contributed by atoms with van der Waals surface area (Å²) in [5.74, 6) is -0.657. The second kappa shape index (κ2) is 9.61. The maximum absolute atomic E-state index is 11.1. The van der Waals surface area contributed by atoms with Crippen molar-refractivity contribution in [2.24, 2.45) is 0 Å². The van der Waals surface area contributed by atoms with Crippen LogP contribution in [0.3, 0.4) is 0 Å². The molecule has 0 N–H and O–H groups in total. The van der Waals surface area contributed by atoms with Crippen molar-refractivity contribution in [1.29, 1.82) is 0 Å². The fraction of sp³-hybridized carbons (Fsp3) is 0.667. The van der Waals surface area contributed by atoms with Crippen LogP contribution < -0.4 is 0 Å². The number of ketones is 4. The Morgan fingerprint density at radius 2 is 1.00 bits per heavy atom. The first kappa shape index (κ1) is 16.6. The van der Waals surface area contributed by atoms with Crippen LogP contribution in [0.5, 0.6) is 0 Å². The second-order valence-corrected chi connectivity index (χ2v) is 4.01. The molecule has 0 atom stereocenters. The van der Waals surface area contributed by atoms with Crippen molar-refractivity contribution < 1.29 is 29.0 Å². The van der Waals surface area contributed by atoms with Crippen molar-refractivity contribution in [3.05, 3.63) is 0 Å². The molecular weight excluding hydrogens is 240 g/mol. The first-order chi connectivity index (χ1) is 8.41. The molecule has 0 amide bonds. The fourth-order valence-corrected chi connectivity index (χ4v) is 0.990. The molecule has 0 unspecified atom stereocenters. The number of hydrogen-bond donors (Lipinski definition) is 0. The van der Waals surface area contributed by atoms with Crippen LogP contribution in [-0.2, 0) is 29.0 Å².